The maximum Gasteiger partial charge on any atom is 0.300 e. The highest BCUT2D eigenvalue weighted by molar-refractivity contribution is 6.56. The zero-order valence-electron chi connectivity index (χ0n) is 4.67. The van der Waals surface area contributed by atoms with Crippen molar-refractivity contribution < 1.29 is 13.9 Å². The van der Waals surface area contributed by atoms with Gasteiger partial charge in [0.1, 0.15) is 0 Å². The van der Waals surface area contributed by atoms with Crippen molar-refractivity contribution in [2.75, 3.05) is 6.61 Å². The van der Waals surface area contributed by atoms with Gasteiger partial charge in [-0.05, 0) is 6.92 Å². The van der Waals surface area contributed by atoms with E-state index in [1.54, 1.807) is 6.92 Å². The van der Waals surface area contributed by atoms with Crippen molar-refractivity contribution in [2.24, 2.45) is 0 Å². The zero-order valence-corrected chi connectivity index (χ0v) is 6.18. The molecular formula is C4H6Cl2F2O. The summed E-state index contributed by atoms with van der Waals surface area (Å²) in [5.41, 5.74) is 0. The molecule has 0 heterocycles. The fourth-order valence-corrected chi connectivity index (χ4v) is 0. The lowest BCUT2D eigenvalue weighted by Gasteiger charge is -1.72. The third-order valence-corrected chi connectivity index (χ3v) is 0.429. The molecule has 5 heteroatoms. The Morgan fingerprint density at radius 2 is 1.56 bits per heavy atom. The quantitative estimate of drug-likeness (QED) is 0.605. The second-order valence-corrected chi connectivity index (χ2v) is 1.79. The van der Waals surface area contributed by atoms with Crippen LogP contribution < -0.4 is 0 Å². The number of hydrogen-bond acceptors (Lipinski definition) is 1. The first kappa shape index (κ1) is 11.9. The lowest BCUT2D eigenvalue weighted by atomic mass is 10.9. The number of halogens is 4. The molecule has 0 saturated carbocycles. The number of aliphatic hydroxyl groups is 1. The lowest BCUT2D eigenvalue weighted by Crippen LogP contribution is -1.57. The zero-order chi connectivity index (χ0) is 7.86. The molecule has 0 aromatic heterocycles. The van der Waals surface area contributed by atoms with E-state index in [9.17, 15) is 8.78 Å². The maximum atomic E-state index is 10.8. The Morgan fingerprint density at radius 1 is 1.44 bits per heavy atom. The Kier molecular flexibility index (Phi) is 10.7. The third-order valence-electron chi connectivity index (χ3n) is 0.143. The van der Waals surface area contributed by atoms with Crippen LogP contribution in [0.15, 0.2) is 10.6 Å². The largest absolute Gasteiger partial charge is 0.397 e. The summed E-state index contributed by atoms with van der Waals surface area (Å²) >= 11 is 9.02. The lowest BCUT2D eigenvalue weighted by molar-refractivity contribution is 0.318. The molecule has 0 aliphatic rings. The SMILES string of the molecule is CCO.FC(F)=C(Cl)Cl. The predicted octanol–water partition coefficient (Wildman–Crippen LogP) is 2.53. The van der Waals surface area contributed by atoms with Gasteiger partial charge in [-0.25, -0.2) is 0 Å². The fourth-order valence-electron chi connectivity index (χ4n) is 0. The second kappa shape index (κ2) is 8.14. The Hall–Kier alpha value is 0.140. The van der Waals surface area contributed by atoms with Gasteiger partial charge < -0.3 is 5.11 Å². The Labute approximate surface area is 61.9 Å². The maximum absolute atomic E-state index is 10.8. The van der Waals surface area contributed by atoms with E-state index in [0.717, 1.165) is 0 Å². The summed E-state index contributed by atoms with van der Waals surface area (Å²) in [6.07, 6.45) is -2.04. The fraction of sp³-hybridized carbons (Fsp3) is 0.500. The van der Waals surface area contributed by atoms with Crippen LogP contribution in [0.4, 0.5) is 8.78 Å². The highest BCUT2D eigenvalue weighted by Gasteiger charge is 1.93. The summed E-state index contributed by atoms with van der Waals surface area (Å²) in [4.78, 5) is 0. The minimum atomic E-state index is -2.04. The average molecular weight is 179 g/mol. The van der Waals surface area contributed by atoms with Gasteiger partial charge in [0.05, 0.1) is 0 Å². The summed E-state index contributed by atoms with van der Waals surface area (Å²) in [5, 5.41) is 7.57. The summed E-state index contributed by atoms with van der Waals surface area (Å²) in [7, 11) is 0. The molecule has 0 aliphatic heterocycles. The van der Waals surface area contributed by atoms with Crippen LogP contribution in [0.1, 0.15) is 6.92 Å². The first-order chi connectivity index (χ1) is 4.06. The Morgan fingerprint density at radius 3 is 1.56 bits per heavy atom. The molecule has 0 atom stereocenters. The minimum absolute atomic E-state index is 0.250. The van der Waals surface area contributed by atoms with Gasteiger partial charge in [-0.1, -0.05) is 23.2 Å². The van der Waals surface area contributed by atoms with Gasteiger partial charge >= 0.3 is 0 Å². The molecule has 0 aromatic carbocycles. The van der Waals surface area contributed by atoms with Gasteiger partial charge in [0.2, 0.25) is 0 Å². The molecule has 1 nitrogen and oxygen atoms in total. The Bertz CT molecular complexity index is 76.6. The molecule has 0 aliphatic carbocycles. The highest BCUT2D eigenvalue weighted by atomic mass is 35.5. The normalized spacial score (nSPS) is 7.33. The molecule has 0 bridgehead atoms. The summed E-state index contributed by atoms with van der Waals surface area (Å²) in [6.45, 7) is 1.93. The first-order valence-electron chi connectivity index (χ1n) is 2.03. The van der Waals surface area contributed by atoms with Crippen LogP contribution in [0.5, 0.6) is 0 Å². The van der Waals surface area contributed by atoms with E-state index in [1.165, 1.54) is 0 Å². The van der Waals surface area contributed by atoms with Crippen LogP contribution in [0, 0.1) is 0 Å². The molecular weight excluding hydrogens is 173 g/mol. The van der Waals surface area contributed by atoms with Crippen molar-refractivity contribution in [1.82, 2.24) is 0 Å². The van der Waals surface area contributed by atoms with Crippen molar-refractivity contribution in [3.05, 3.63) is 10.6 Å². The van der Waals surface area contributed by atoms with Crippen LogP contribution in [0.3, 0.4) is 0 Å². The van der Waals surface area contributed by atoms with Gasteiger partial charge in [0.25, 0.3) is 6.08 Å². The topological polar surface area (TPSA) is 20.2 Å². The van der Waals surface area contributed by atoms with Gasteiger partial charge in [-0.3, -0.25) is 0 Å². The number of aliphatic hydroxyl groups excluding tert-OH is 1. The van der Waals surface area contributed by atoms with Crippen molar-refractivity contribution >= 4 is 23.2 Å². The van der Waals surface area contributed by atoms with Crippen LogP contribution in [0.25, 0.3) is 0 Å². The van der Waals surface area contributed by atoms with E-state index in [2.05, 4.69) is 23.2 Å². The summed E-state index contributed by atoms with van der Waals surface area (Å²) in [6, 6.07) is 0. The van der Waals surface area contributed by atoms with Crippen molar-refractivity contribution in [3.8, 4) is 0 Å². The van der Waals surface area contributed by atoms with Crippen LogP contribution in [-0.4, -0.2) is 11.7 Å². The third kappa shape index (κ3) is 17.9. The van der Waals surface area contributed by atoms with Crippen LogP contribution in [-0.2, 0) is 0 Å². The molecule has 56 valence electrons. The van der Waals surface area contributed by atoms with E-state index in [1.807, 2.05) is 0 Å². The van der Waals surface area contributed by atoms with Crippen molar-refractivity contribution in [3.63, 3.8) is 0 Å². The molecule has 9 heavy (non-hydrogen) atoms. The molecule has 0 aromatic rings. The Balaban J connectivity index is 0. The minimum Gasteiger partial charge on any atom is -0.397 e. The van der Waals surface area contributed by atoms with Gasteiger partial charge in [0, 0.05) is 6.61 Å². The van der Waals surface area contributed by atoms with Crippen LogP contribution in [0.2, 0.25) is 0 Å². The van der Waals surface area contributed by atoms with Crippen molar-refractivity contribution in [1.29, 1.82) is 0 Å². The van der Waals surface area contributed by atoms with Gasteiger partial charge in [-0.2, -0.15) is 8.78 Å². The molecule has 0 amide bonds. The molecule has 0 spiro atoms. The summed E-state index contributed by atoms with van der Waals surface area (Å²) < 4.78 is 20.6. The molecule has 0 radical (unpaired) electrons. The van der Waals surface area contributed by atoms with E-state index >= 15 is 0 Å². The van der Waals surface area contributed by atoms with E-state index < -0.39 is 10.6 Å². The number of rotatable bonds is 0. The second-order valence-electron chi connectivity index (χ2n) is 0.837. The predicted molar refractivity (Wildman–Crippen MR) is 33.7 cm³/mol. The molecule has 0 fully saturated rings. The molecule has 0 unspecified atom stereocenters. The molecule has 1 N–H and O–H groups in total. The van der Waals surface area contributed by atoms with Crippen molar-refractivity contribution in [2.45, 2.75) is 6.92 Å². The standard InChI is InChI=1S/C2Cl2F2.C2H6O/c3-1(4)2(5)6;1-2-3/h;3H,2H2,1H3. The van der Waals surface area contributed by atoms with Crippen LogP contribution >= 0.6 is 23.2 Å². The first-order valence-corrected chi connectivity index (χ1v) is 2.79. The average Bonchev–Trinajstić information content (AvgIpc) is 1.68. The van der Waals surface area contributed by atoms with E-state index in [-0.39, 0.29) is 6.61 Å². The number of hydrogen-bond donors (Lipinski definition) is 1. The highest BCUT2D eigenvalue weighted by Crippen LogP contribution is 2.14. The molecule has 0 rings (SSSR count). The van der Waals surface area contributed by atoms with Gasteiger partial charge in [0.15, 0.2) is 4.49 Å². The molecule has 0 saturated heterocycles. The van der Waals surface area contributed by atoms with Gasteiger partial charge in [-0.15, -0.1) is 0 Å². The van der Waals surface area contributed by atoms with E-state index in [4.69, 9.17) is 5.11 Å². The smallest absolute Gasteiger partial charge is 0.300 e. The summed E-state index contributed by atoms with van der Waals surface area (Å²) in [5.74, 6) is 0. The monoisotopic (exact) mass is 178 g/mol. The van der Waals surface area contributed by atoms with E-state index in [0.29, 0.717) is 0 Å².